The highest BCUT2D eigenvalue weighted by Crippen LogP contribution is 2.41. The number of anilines is 2. The Balaban J connectivity index is 1.82. The number of para-hydroxylation sites is 1. The van der Waals surface area contributed by atoms with Crippen LogP contribution in [-0.2, 0) is 0 Å². The van der Waals surface area contributed by atoms with E-state index in [9.17, 15) is 0 Å². The van der Waals surface area contributed by atoms with Gasteiger partial charge in [-0.15, -0.1) is 0 Å². The van der Waals surface area contributed by atoms with Crippen molar-refractivity contribution >= 4 is 11.4 Å². The standard InChI is InChI=1S/C17H26N2O/c1-2-20-15-9-7-8-14-16(15)19-13-17(12-18-14)10-5-3-4-6-11-17/h7-9,18-19H,2-6,10-13H2,1H3. The zero-order valence-corrected chi connectivity index (χ0v) is 12.5. The first-order valence-electron chi connectivity index (χ1n) is 8.07. The van der Waals surface area contributed by atoms with E-state index in [0.717, 1.165) is 24.5 Å². The van der Waals surface area contributed by atoms with Crippen LogP contribution < -0.4 is 15.4 Å². The molecule has 3 heteroatoms. The zero-order chi connectivity index (χ0) is 13.8. The van der Waals surface area contributed by atoms with Crippen molar-refractivity contribution in [2.75, 3.05) is 30.3 Å². The molecule has 20 heavy (non-hydrogen) atoms. The largest absolute Gasteiger partial charge is 0.492 e. The topological polar surface area (TPSA) is 33.3 Å². The van der Waals surface area contributed by atoms with Crippen LogP contribution in [0, 0.1) is 5.41 Å². The van der Waals surface area contributed by atoms with E-state index in [1.807, 2.05) is 6.92 Å². The molecule has 3 rings (SSSR count). The molecule has 0 atom stereocenters. The van der Waals surface area contributed by atoms with Crippen molar-refractivity contribution in [3.8, 4) is 5.75 Å². The van der Waals surface area contributed by atoms with Gasteiger partial charge in [-0.05, 0) is 31.9 Å². The molecule has 0 unspecified atom stereocenters. The molecular formula is C17H26N2O. The van der Waals surface area contributed by atoms with Gasteiger partial charge in [0.15, 0.2) is 0 Å². The van der Waals surface area contributed by atoms with Gasteiger partial charge < -0.3 is 15.4 Å². The van der Waals surface area contributed by atoms with E-state index in [1.165, 1.54) is 44.2 Å². The fourth-order valence-electron chi connectivity index (χ4n) is 3.59. The molecule has 0 bridgehead atoms. The Kier molecular flexibility index (Phi) is 4.04. The number of benzene rings is 1. The smallest absolute Gasteiger partial charge is 0.144 e. The minimum Gasteiger partial charge on any atom is -0.492 e. The van der Waals surface area contributed by atoms with Crippen molar-refractivity contribution in [3.05, 3.63) is 18.2 Å². The minimum atomic E-state index is 0.416. The van der Waals surface area contributed by atoms with Crippen LogP contribution in [0.1, 0.15) is 45.4 Å². The van der Waals surface area contributed by atoms with Crippen LogP contribution in [0.4, 0.5) is 11.4 Å². The van der Waals surface area contributed by atoms with Crippen LogP contribution in [0.3, 0.4) is 0 Å². The number of hydrogen-bond donors (Lipinski definition) is 2. The lowest BCUT2D eigenvalue weighted by Crippen LogP contribution is -2.34. The van der Waals surface area contributed by atoms with Gasteiger partial charge in [0, 0.05) is 18.5 Å². The summed E-state index contributed by atoms with van der Waals surface area (Å²) in [6.45, 7) is 4.90. The van der Waals surface area contributed by atoms with E-state index >= 15 is 0 Å². The van der Waals surface area contributed by atoms with Crippen molar-refractivity contribution in [2.24, 2.45) is 5.41 Å². The Morgan fingerprint density at radius 1 is 1.05 bits per heavy atom. The number of hydrogen-bond acceptors (Lipinski definition) is 3. The first kappa shape index (κ1) is 13.6. The summed E-state index contributed by atoms with van der Waals surface area (Å²) in [6.07, 6.45) is 8.23. The molecule has 2 N–H and O–H groups in total. The monoisotopic (exact) mass is 274 g/mol. The lowest BCUT2D eigenvalue weighted by atomic mass is 9.80. The number of nitrogens with one attached hydrogen (secondary N) is 2. The van der Waals surface area contributed by atoms with E-state index in [2.05, 4.69) is 28.8 Å². The first-order valence-corrected chi connectivity index (χ1v) is 8.07. The van der Waals surface area contributed by atoms with Crippen molar-refractivity contribution in [1.29, 1.82) is 0 Å². The molecule has 1 aliphatic heterocycles. The van der Waals surface area contributed by atoms with E-state index in [-0.39, 0.29) is 0 Å². The van der Waals surface area contributed by atoms with Gasteiger partial charge in [0.2, 0.25) is 0 Å². The highest BCUT2D eigenvalue weighted by atomic mass is 16.5. The number of rotatable bonds is 2. The lowest BCUT2D eigenvalue weighted by Gasteiger charge is -2.31. The van der Waals surface area contributed by atoms with Crippen LogP contribution in [0.25, 0.3) is 0 Å². The third kappa shape index (κ3) is 2.72. The van der Waals surface area contributed by atoms with Crippen LogP contribution in [0.2, 0.25) is 0 Å². The maximum absolute atomic E-state index is 5.76. The van der Waals surface area contributed by atoms with Gasteiger partial charge in [0.1, 0.15) is 11.4 Å². The first-order chi connectivity index (χ1) is 9.83. The zero-order valence-electron chi connectivity index (χ0n) is 12.5. The van der Waals surface area contributed by atoms with E-state index in [0.29, 0.717) is 12.0 Å². The molecule has 110 valence electrons. The summed E-state index contributed by atoms with van der Waals surface area (Å²) in [5, 5.41) is 7.35. The Morgan fingerprint density at radius 3 is 2.55 bits per heavy atom. The average Bonchev–Trinajstić information content (AvgIpc) is 2.80. The lowest BCUT2D eigenvalue weighted by molar-refractivity contribution is 0.285. The Bertz CT molecular complexity index is 450. The van der Waals surface area contributed by atoms with Gasteiger partial charge in [-0.25, -0.2) is 0 Å². The summed E-state index contributed by atoms with van der Waals surface area (Å²) in [6, 6.07) is 6.28. The maximum Gasteiger partial charge on any atom is 0.144 e. The van der Waals surface area contributed by atoms with Crippen molar-refractivity contribution in [3.63, 3.8) is 0 Å². The van der Waals surface area contributed by atoms with Crippen LogP contribution in [0.15, 0.2) is 18.2 Å². The molecule has 0 saturated heterocycles. The number of fused-ring (bicyclic) bond motifs is 1. The third-order valence-corrected chi connectivity index (χ3v) is 4.78. The Morgan fingerprint density at radius 2 is 1.80 bits per heavy atom. The second-order valence-corrected chi connectivity index (χ2v) is 6.23. The minimum absolute atomic E-state index is 0.416. The van der Waals surface area contributed by atoms with Gasteiger partial charge in [-0.1, -0.05) is 31.7 Å². The van der Waals surface area contributed by atoms with Gasteiger partial charge in [0.05, 0.1) is 12.3 Å². The normalized spacial score (nSPS) is 21.1. The van der Waals surface area contributed by atoms with Gasteiger partial charge in [-0.3, -0.25) is 0 Å². The van der Waals surface area contributed by atoms with Crippen molar-refractivity contribution < 1.29 is 4.74 Å². The summed E-state index contributed by atoms with van der Waals surface area (Å²) in [5.74, 6) is 0.975. The third-order valence-electron chi connectivity index (χ3n) is 4.78. The summed E-state index contributed by atoms with van der Waals surface area (Å²) in [5.41, 5.74) is 2.76. The summed E-state index contributed by atoms with van der Waals surface area (Å²) < 4.78 is 5.76. The van der Waals surface area contributed by atoms with Gasteiger partial charge >= 0.3 is 0 Å². The molecule has 0 radical (unpaired) electrons. The summed E-state index contributed by atoms with van der Waals surface area (Å²) in [7, 11) is 0. The molecule has 0 amide bonds. The quantitative estimate of drug-likeness (QED) is 0.845. The molecular weight excluding hydrogens is 248 g/mol. The molecule has 1 fully saturated rings. The molecule has 1 aliphatic carbocycles. The van der Waals surface area contributed by atoms with Crippen molar-refractivity contribution in [2.45, 2.75) is 45.4 Å². The predicted molar refractivity (Wildman–Crippen MR) is 84.7 cm³/mol. The molecule has 3 nitrogen and oxygen atoms in total. The van der Waals surface area contributed by atoms with Crippen LogP contribution >= 0.6 is 0 Å². The second kappa shape index (κ2) is 5.94. The molecule has 1 spiro atoms. The molecule has 1 saturated carbocycles. The van der Waals surface area contributed by atoms with Crippen molar-refractivity contribution in [1.82, 2.24) is 0 Å². The predicted octanol–water partition coefficient (Wildman–Crippen LogP) is 4.26. The fourth-order valence-corrected chi connectivity index (χ4v) is 3.59. The highest BCUT2D eigenvalue weighted by molar-refractivity contribution is 5.76. The molecule has 1 aromatic carbocycles. The molecule has 1 aromatic rings. The molecule has 0 aromatic heterocycles. The number of ether oxygens (including phenoxy) is 1. The van der Waals surface area contributed by atoms with E-state index in [4.69, 9.17) is 4.74 Å². The van der Waals surface area contributed by atoms with Gasteiger partial charge in [0.25, 0.3) is 0 Å². The van der Waals surface area contributed by atoms with Crippen LogP contribution in [0.5, 0.6) is 5.75 Å². The SMILES string of the molecule is CCOc1cccc2c1NCC1(CCCCCC1)CN2. The Labute approximate surface area is 122 Å². The van der Waals surface area contributed by atoms with Gasteiger partial charge in [-0.2, -0.15) is 0 Å². The van der Waals surface area contributed by atoms with E-state index in [1.54, 1.807) is 0 Å². The van der Waals surface area contributed by atoms with Crippen LogP contribution in [-0.4, -0.2) is 19.7 Å². The summed E-state index contributed by atoms with van der Waals surface area (Å²) in [4.78, 5) is 0. The maximum atomic E-state index is 5.76. The summed E-state index contributed by atoms with van der Waals surface area (Å²) >= 11 is 0. The fraction of sp³-hybridized carbons (Fsp3) is 0.647. The molecule has 2 aliphatic rings. The highest BCUT2D eigenvalue weighted by Gasteiger charge is 2.33. The van der Waals surface area contributed by atoms with E-state index < -0.39 is 0 Å². The molecule has 1 heterocycles. The average molecular weight is 274 g/mol. The second-order valence-electron chi connectivity index (χ2n) is 6.23. The Hall–Kier alpha value is -1.38.